The average Bonchev–Trinajstić information content (AvgIpc) is 2.54. The molecule has 0 spiro atoms. The Morgan fingerprint density at radius 1 is 1.04 bits per heavy atom. The predicted molar refractivity (Wildman–Crippen MR) is 83.2 cm³/mol. The summed E-state index contributed by atoms with van der Waals surface area (Å²) in [6, 6.07) is 9.13. The Morgan fingerprint density at radius 3 is 2.30 bits per heavy atom. The van der Waals surface area contributed by atoms with E-state index in [0.717, 1.165) is 5.56 Å². The minimum atomic E-state index is -1.32. The van der Waals surface area contributed by atoms with Crippen LogP contribution >= 0.6 is 0 Å². The topological polar surface area (TPSA) is 78.9 Å². The fraction of sp³-hybridized carbons (Fsp3) is 0.353. The number of carbonyl (C=O) groups excluding carboxylic acids is 3. The number of benzene rings is 1. The second kappa shape index (κ2) is 10.2. The van der Waals surface area contributed by atoms with E-state index in [4.69, 9.17) is 14.2 Å². The van der Waals surface area contributed by atoms with Crippen molar-refractivity contribution in [3.05, 3.63) is 42.0 Å². The minimum absolute atomic E-state index is 0.121. The molecular formula is C17H20O6. The van der Waals surface area contributed by atoms with Crippen LogP contribution in [0.1, 0.15) is 25.8 Å². The summed E-state index contributed by atoms with van der Waals surface area (Å²) < 4.78 is 14.6. The maximum Gasteiger partial charge on any atom is 0.348 e. The molecule has 1 aromatic rings. The Kier molecular flexibility index (Phi) is 8.13. The Balaban J connectivity index is 2.67. The van der Waals surface area contributed by atoms with Crippen LogP contribution in [-0.4, -0.2) is 37.2 Å². The molecule has 0 radical (unpaired) electrons. The summed E-state index contributed by atoms with van der Waals surface area (Å²) in [5.74, 6) is -2.15. The fourth-order valence-electron chi connectivity index (χ4n) is 1.69. The van der Waals surface area contributed by atoms with Crippen molar-refractivity contribution in [3.8, 4) is 0 Å². The van der Waals surface area contributed by atoms with E-state index < -0.39 is 24.0 Å². The van der Waals surface area contributed by atoms with Crippen LogP contribution in [0.15, 0.2) is 36.4 Å². The quantitative estimate of drug-likeness (QED) is 0.415. The lowest BCUT2D eigenvalue weighted by Gasteiger charge is -2.14. The van der Waals surface area contributed by atoms with Crippen LogP contribution in [0.5, 0.6) is 0 Å². The second-order valence-corrected chi connectivity index (χ2v) is 4.43. The van der Waals surface area contributed by atoms with Crippen molar-refractivity contribution >= 4 is 24.0 Å². The Morgan fingerprint density at radius 2 is 1.70 bits per heavy atom. The van der Waals surface area contributed by atoms with Crippen LogP contribution in [0.3, 0.4) is 0 Å². The smallest absolute Gasteiger partial charge is 0.348 e. The zero-order chi connectivity index (χ0) is 17.1. The van der Waals surface area contributed by atoms with E-state index in [2.05, 4.69) is 0 Å². The van der Waals surface area contributed by atoms with E-state index in [9.17, 15) is 14.4 Å². The highest BCUT2D eigenvalue weighted by Crippen LogP contribution is 2.07. The molecule has 0 aliphatic rings. The largest absolute Gasteiger partial charge is 0.466 e. The summed E-state index contributed by atoms with van der Waals surface area (Å²) in [6.45, 7) is 3.56. The van der Waals surface area contributed by atoms with Crippen LogP contribution in [-0.2, 0) is 28.6 Å². The standard InChI is InChI=1S/C17H20O6/c1-3-21-16(19)12-14(17(20)22-4-2)23-15(18)11-10-13-8-6-5-7-9-13/h5-11,14H,3-4,12H2,1-2H3/b11-10+/t14-/m0/s1. The van der Waals surface area contributed by atoms with Gasteiger partial charge in [0.25, 0.3) is 0 Å². The van der Waals surface area contributed by atoms with E-state index in [1.54, 1.807) is 19.9 Å². The Hall–Kier alpha value is -2.63. The first kappa shape index (κ1) is 18.4. The number of carbonyl (C=O) groups is 3. The highest BCUT2D eigenvalue weighted by molar-refractivity contribution is 5.90. The van der Waals surface area contributed by atoms with Gasteiger partial charge in [-0.3, -0.25) is 4.79 Å². The summed E-state index contributed by atoms with van der Waals surface area (Å²) in [6.07, 6.45) is 1.04. The maximum absolute atomic E-state index is 11.8. The lowest BCUT2D eigenvalue weighted by Crippen LogP contribution is -2.31. The summed E-state index contributed by atoms with van der Waals surface area (Å²) in [4.78, 5) is 35.1. The van der Waals surface area contributed by atoms with Gasteiger partial charge in [-0.15, -0.1) is 0 Å². The van der Waals surface area contributed by atoms with Crippen molar-refractivity contribution in [1.82, 2.24) is 0 Å². The number of hydrogen-bond acceptors (Lipinski definition) is 6. The van der Waals surface area contributed by atoms with Gasteiger partial charge in [0.15, 0.2) is 0 Å². The molecule has 0 fully saturated rings. The third-order valence-electron chi connectivity index (χ3n) is 2.68. The van der Waals surface area contributed by atoms with Gasteiger partial charge in [0.2, 0.25) is 6.10 Å². The van der Waals surface area contributed by atoms with Gasteiger partial charge in [0.1, 0.15) is 0 Å². The highest BCUT2D eigenvalue weighted by Gasteiger charge is 2.27. The first-order chi connectivity index (χ1) is 11.1. The van der Waals surface area contributed by atoms with Crippen LogP contribution in [0.4, 0.5) is 0 Å². The lowest BCUT2D eigenvalue weighted by molar-refractivity contribution is -0.169. The zero-order valence-electron chi connectivity index (χ0n) is 13.2. The molecule has 1 rings (SSSR count). The molecule has 0 bridgehead atoms. The summed E-state index contributed by atoms with van der Waals surface area (Å²) in [7, 11) is 0. The zero-order valence-corrected chi connectivity index (χ0v) is 13.2. The minimum Gasteiger partial charge on any atom is -0.466 e. The van der Waals surface area contributed by atoms with Gasteiger partial charge >= 0.3 is 17.9 Å². The molecule has 0 saturated carbocycles. The molecule has 0 amide bonds. The monoisotopic (exact) mass is 320 g/mol. The molecule has 1 atom stereocenters. The normalized spacial score (nSPS) is 11.7. The second-order valence-electron chi connectivity index (χ2n) is 4.43. The van der Waals surface area contributed by atoms with Gasteiger partial charge in [-0.05, 0) is 25.5 Å². The van der Waals surface area contributed by atoms with Gasteiger partial charge in [-0.2, -0.15) is 0 Å². The molecule has 0 unspecified atom stereocenters. The number of hydrogen-bond donors (Lipinski definition) is 0. The van der Waals surface area contributed by atoms with E-state index in [-0.39, 0.29) is 19.6 Å². The third kappa shape index (κ3) is 7.26. The van der Waals surface area contributed by atoms with Crippen molar-refractivity contribution in [2.75, 3.05) is 13.2 Å². The SMILES string of the molecule is CCOC(=O)C[C@H](OC(=O)/C=C/c1ccccc1)C(=O)OCC. The molecule has 0 N–H and O–H groups in total. The van der Waals surface area contributed by atoms with E-state index in [0.29, 0.717) is 0 Å². The molecule has 124 valence electrons. The van der Waals surface area contributed by atoms with Crippen molar-refractivity contribution < 1.29 is 28.6 Å². The predicted octanol–water partition coefficient (Wildman–Crippen LogP) is 2.13. The van der Waals surface area contributed by atoms with Crippen molar-refractivity contribution in [2.45, 2.75) is 26.4 Å². The maximum atomic E-state index is 11.8. The Labute approximate surface area is 135 Å². The molecule has 6 nitrogen and oxygen atoms in total. The molecule has 0 saturated heterocycles. The molecule has 23 heavy (non-hydrogen) atoms. The van der Waals surface area contributed by atoms with Gasteiger partial charge in [-0.25, -0.2) is 9.59 Å². The fourth-order valence-corrected chi connectivity index (χ4v) is 1.69. The van der Waals surface area contributed by atoms with E-state index >= 15 is 0 Å². The summed E-state index contributed by atoms with van der Waals surface area (Å²) >= 11 is 0. The molecule has 1 aromatic carbocycles. The number of esters is 3. The van der Waals surface area contributed by atoms with Crippen molar-refractivity contribution in [3.63, 3.8) is 0 Å². The first-order valence-corrected chi connectivity index (χ1v) is 7.32. The first-order valence-electron chi connectivity index (χ1n) is 7.32. The average molecular weight is 320 g/mol. The Bertz CT molecular complexity index is 549. The number of ether oxygens (including phenoxy) is 3. The van der Waals surface area contributed by atoms with Crippen LogP contribution in [0, 0.1) is 0 Å². The molecule has 0 heterocycles. The van der Waals surface area contributed by atoms with Crippen LogP contribution < -0.4 is 0 Å². The van der Waals surface area contributed by atoms with Crippen LogP contribution in [0.25, 0.3) is 6.08 Å². The van der Waals surface area contributed by atoms with Gasteiger partial charge < -0.3 is 14.2 Å². The van der Waals surface area contributed by atoms with Gasteiger partial charge in [0.05, 0.1) is 19.6 Å². The van der Waals surface area contributed by atoms with Crippen molar-refractivity contribution in [1.29, 1.82) is 0 Å². The molecular weight excluding hydrogens is 300 g/mol. The third-order valence-corrected chi connectivity index (χ3v) is 2.68. The lowest BCUT2D eigenvalue weighted by atomic mass is 10.2. The summed E-state index contributed by atoms with van der Waals surface area (Å²) in [5, 5.41) is 0. The summed E-state index contributed by atoms with van der Waals surface area (Å²) in [5.41, 5.74) is 0.808. The molecule has 0 aliphatic heterocycles. The van der Waals surface area contributed by atoms with Crippen molar-refractivity contribution in [2.24, 2.45) is 0 Å². The molecule has 6 heteroatoms. The van der Waals surface area contributed by atoms with E-state index in [1.807, 2.05) is 30.3 Å². The molecule has 0 aliphatic carbocycles. The van der Waals surface area contributed by atoms with Gasteiger partial charge in [0, 0.05) is 6.08 Å². The van der Waals surface area contributed by atoms with Gasteiger partial charge in [-0.1, -0.05) is 30.3 Å². The number of rotatable bonds is 8. The van der Waals surface area contributed by atoms with E-state index in [1.165, 1.54) is 6.08 Å². The van der Waals surface area contributed by atoms with Crippen LogP contribution in [0.2, 0.25) is 0 Å². The molecule has 0 aromatic heterocycles. The highest BCUT2D eigenvalue weighted by atomic mass is 16.6.